The first-order valence-corrected chi connectivity index (χ1v) is 17.4. The summed E-state index contributed by atoms with van der Waals surface area (Å²) in [6.45, 7) is 0.835. The van der Waals surface area contributed by atoms with Crippen LogP contribution in [0.2, 0.25) is 0 Å². The van der Waals surface area contributed by atoms with E-state index in [9.17, 15) is 14.4 Å². The van der Waals surface area contributed by atoms with E-state index < -0.39 is 23.3 Å². The molecule has 1 aliphatic heterocycles. The average Bonchev–Trinajstić information content (AvgIpc) is 3.06. The number of hydrogen-bond acceptors (Lipinski definition) is 7. The van der Waals surface area contributed by atoms with Gasteiger partial charge < -0.3 is 22.9 Å². The number of pyridine rings is 2. The van der Waals surface area contributed by atoms with Crippen LogP contribution in [0.5, 0.6) is 0 Å². The van der Waals surface area contributed by atoms with E-state index in [4.69, 9.17) is 32.9 Å². The highest BCUT2D eigenvalue weighted by atomic mass is 79.9. The summed E-state index contributed by atoms with van der Waals surface area (Å²) in [6, 6.07) is 18.2. The molecular weight excluding hydrogens is 756 g/mol. The van der Waals surface area contributed by atoms with Crippen LogP contribution in [0.25, 0.3) is 21.8 Å². The Morgan fingerprint density at radius 3 is 1.47 bits per heavy atom. The molecule has 4 amide bonds. The van der Waals surface area contributed by atoms with Crippen LogP contribution < -0.4 is 22.9 Å². The molecule has 3 heterocycles. The van der Waals surface area contributed by atoms with E-state index in [2.05, 4.69) is 41.8 Å². The zero-order chi connectivity index (χ0) is 35.1. The predicted octanol–water partition coefficient (Wildman–Crippen LogP) is 3.98. The number of urea groups is 1. The molecule has 2 aromatic heterocycles. The molecule has 15 heteroatoms. The summed E-state index contributed by atoms with van der Waals surface area (Å²) in [5.41, 5.74) is 22.7. The molecule has 5 rings (SSSR count). The molecule has 0 bridgehead atoms. The van der Waals surface area contributed by atoms with Gasteiger partial charge in [-0.3, -0.25) is 39.3 Å². The van der Waals surface area contributed by atoms with Crippen LogP contribution in [0.1, 0.15) is 37.1 Å². The zero-order valence-electron chi connectivity index (χ0n) is 26.8. The number of benzene rings is 2. The number of nitrogens with two attached hydrogens (primary N) is 4. The predicted molar refractivity (Wildman–Crippen MR) is 197 cm³/mol. The molecule has 8 N–H and O–H groups in total. The largest absolute Gasteiger partial charge is 0.370 e. The number of hydrogen-bond donors (Lipinski definition) is 4. The van der Waals surface area contributed by atoms with Crippen LogP contribution >= 0.6 is 31.9 Å². The quantitative estimate of drug-likeness (QED) is 0.0629. The van der Waals surface area contributed by atoms with E-state index in [0.29, 0.717) is 61.2 Å². The van der Waals surface area contributed by atoms with Crippen molar-refractivity contribution in [1.29, 1.82) is 0 Å². The first-order chi connectivity index (χ1) is 23.5. The van der Waals surface area contributed by atoms with Gasteiger partial charge >= 0.3 is 6.03 Å². The minimum atomic E-state index is -1.71. The van der Waals surface area contributed by atoms with E-state index in [1.165, 1.54) is 9.80 Å². The van der Waals surface area contributed by atoms with Gasteiger partial charge in [0.15, 0.2) is 11.9 Å². The summed E-state index contributed by atoms with van der Waals surface area (Å²) in [5.74, 6) is -1.24. The topological polar surface area (TPSA) is 212 Å². The number of halogens is 2. The number of carbonyl (C=O) groups is 3. The van der Waals surface area contributed by atoms with Gasteiger partial charge in [0.05, 0.1) is 11.0 Å². The Morgan fingerprint density at radius 1 is 0.633 bits per heavy atom. The van der Waals surface area contributed by atoms with E-state index in [0.717, 1.165) is 19.7 Å². The molecule has 2 aromatic carbocycles. The number of guanidine groups is 2. The van der Waals surface area contributed by atoms with Crippen molar-refractivity contribution in [2.75, 3.05) is 26.2 Å². The number of carbonyl (C=O) groups excluding carboxylic acids is 3. The highest BCUT2D eigenvalue weighted by molar-refractivity contribution is 9.10. The third-order valence-electron chi connectivity index (χ3n) is 8.32. The smallest absolute Gasteiger partial charge is 0.333 e. The summed E-state index contributed by atoms with van der Waals surface area (Å²) in [6.07, 6.45) is 1.83. The first kappa shape index (κ1) is 35.7. The van der Waals surface area contributed by atoms with Gasteiger partial charge in [-0.25, -0.2) is 4.79 Å². The standard InChI is InChI=1S/C34H38Br2N10O3/c35-23-7-11-27-21(17-23)5-9-25(43-27)19-34(20-26-10-6-22-18-24(36)8-12-28(22)44-26)29(47)45(15-3-1-13-41-31(37)38)33(49)46(30(34)48)16-4-2-14-42-32(39)40/h5-12,17-18H,1-4,13-16,19-20H2,(H4,37,38,41)(H4,39,40,42). The Balaban J connectivity index is 1.56. The van der Waals surface area contributed by atoms with Crippen LogP contribution in [0, 0.1) is 5.41 Å². The molecule has 13 nitrogen and oxygen atoms in total. The van der Waals surface area contributed by atoms with Crippen molar-refractivity contribution >= 4 is 83.4 Å². The number of barbiturate groups is 1. The van der Waals surface area contributed by atoms with Gasteiger partial charge in [-0.1, -0.05) is 44.0 Å². The molecule has 4 aromatic rings. The van der Waals surface area contributed by atoms with Crippen molar-refractivity contribution in [1.82, 2.24) is 19.8 Å². The SMILES string of the molecule is NC(N)=NCCCCN1C(=O)N(CCCCN=C(N)N)C(=O)C(Cc2ccc3cc(Br)ccc3n2)(Cc2ccc3cc(Br)ccc3n2)C1=O. The van der Waals surface area contributed by atoms with E-state index >= 15 is 0 Å². The van der Waals surface area contributed by atoms with Crippen molar-refractivity contribution in [2.24, 2.45) is 38.3 Å². The molecule has 0 radical (unpaired) electrons. The zero-order valence-corrected chi connectivity index (χ0v) is 30.0. The van der Waals surface area contributed by atoms with Crippen molar-refractivity contribution < 1.29 is 14.4 Å². The summed E-state index contributed by atoms with van der Waals surface area (Å²) >= 11 is 7.00. The molecule has 0 unspecified atom stereocenters. The lowest BCUT2D eigenvalue weighted by molar-refractivity contribution is -0.159. The minimum absolute atomic E-state index is 0.0351. The second-order valence-corrected chi connectivity index (χ2v) is 13.8. The molecular formula is C34H38Br2N10O3. The molecule has 1 fully saturated rings. The lowest BCUT2D eigenvalue weighted by Gasteiger charge is -2.44. The van der Waals surface area contributed by atoms with Crippen LogP contribution in [-0.2, 0) is 22.4 Å². The molecule has 256 valence electrons. The fourth-order valence-corrected chi connectivity index (χ4v) is 6.72. The van der Waals surface area contributed by atoms with Crippen LogP contribution in [0.3, 0.4) is 0 Å². The van der Waals surface area contributed by atoms with Crippen molar-refractivity contribution in [3.8, 4) is 0 Å². The summed E-state index contributed by atoms with van der Waals surface area (Å²) in [5, 5.41) is 1.80. The second-order valence-electron chi connectivity index (χ2n) is 11.9. The van der Waals surface area contributed by atoms with E-state index in [1.807, 2.05) is 60.7 Å². The maximum absolute atomic E-state index is 14.7. The average molecular weight is 795 g/mol. The van der Waals surface area contributed by atoms with Gasteiger partial charge in [0.25, 0.3) is 0 Å². The van der Waals surface area contributed by atoms with Crippen LogP contribution in [0.4, 0.5) is 4.79 Å². The minimum Gasteiger partial charge on any atom is -0.370 e. The molecule has 1 aliphatic rings. The fourth-order valence-electron chi connectivity index (χ4n) is 5.96. The molecule has 1 saturated heterocycles. The number of unbranched alkanes of at least 4 members (excludes halogenated alkanes) is 2. The normalized spacial score (nSPS) is 14.4. The lowest BCUT2D eigenvalue weighted by Crippen LogP contribution is -2.66. The fraction of sp³-hybridized carbons (Fsp3) is 0.324. The third-order valence-corrected chi connectivity index (χ3v) is 9.31. The van der Waals surface area contributed by atoms with Crippen molar-refractivity contribution in [2.45, 2.75) is 38.5 Å². The van der Waals surface area contributed by atoms with E-state index in [1.54, 1.807) is 0 Å². The third kappa shape index (κ3) is 8.51. The number of rotatable bonds is 14. The summed E-state index contributed by atoms with van der Waals surface area (Å²) in [7, 11) is 0. The van der Waals surface area contributed by atoms with Crippen molar-refractivity contribution in [3.63, 3.8) is 0 Å². The van der Waals surface area contributed by atoms with Gasteiger partial charge in [0.1, 0.15) is 5.41 Å². The lowest BCUT2D eigenvalue weighted by atomic mass is 9.74. The van der Waals surface area contributed by atoms with E-state index in [-0.39, 0.29) is 37.9 Å². The molecule has 0 aliphatic carbocycles. The first-order valence-electron chi connectivity index (χ1n) is 15.9. The van der Waals surface area contributed by atoms with Gasteiger partial charge in [0.2, 0.25) is 11.8 Å². The number of imide groups is 2. The maximum Gasteiger partial charge on any atom is 0.333 e. The monoisotopic (exact) mass is 792 g/mol. The Hall–Kier alpha value is -4.63. The Labute approximate surface area is 300 Å². The Bertz CT molecular complexity index is 1810. The molecule has 49 heavy (non-hydrogen) atoms. The molecule has 0 spiro atoms. The maximum atomic E-state index is 14.7. The number of aliphatic imine (C=N–C) groups is 2. The number of nitrogens with zero attached hydrogens (tertiary/aromatic N) is 6. The van der Waals surface area contributed by atoms with Gasteiger partial charge in [-0.05, 0) is 74.2 Å². The van der Waals surface area contributed by atoms with Crippen molar-refractivity contribution in [3.05, 3.63) is 81.0 Å². The van der Waals surface area contributed by atoms with Gasteiger partial charge in [-0.15, -0.1) is 0 Å². The molecule has 0 saturated carbocycles. The van der Waals surface area contributed by atoms with Crippen LogP contribution in [-0.4, -0.2) is 75.7 Å². The second kappa shape index (κ2) is 15.7. The number of amides is 4. The summed E-state index contributed by atoms with van der Waals surface area (Å²) in [4.78, 5) is 63.5. The Morgan fingerprint density at radius 2 is 1.06 bits per heavy atom. The molecule has 0 atom stereocenters. The van der Waals surface area contributed by atoms with Crippen LogP contribution in [0.15, 0.2) is 79.6 Å². The summed E-state index contributed by atoms with van der Waals surface area (Å²) < 4.78 is 1.81. The Kier molecular flexibility index (Phi) is 11.4. The number of aromatic nitrogens is 2. The highest BCUT2D eigenvalue weighted by Gasteiger charge is 2.57. The van der Waals surface area contributed by atoms with Gasteiger partial charge in [-0.2, -0.15) is 0 Å². The van der Waals surface area contributed by atoms with Gasteiger partial charge in [0, 0.05) is 70.1 Å². The highest BCUT2D eigenvalue weighted by Crippen LogP contribution is 2.37. The number of fused-ring (bicyclic) bond motifs is 2.